The highest BCUT2D eigenvalue weighted by Gasteiger charge is 2.21. The molecule has 2 rings (SSSR count). The Balaban J connectivity index is 2.31. The lowest BCUT2D eigenvalue weighted by Crippen LogP contribution is -2.33. The fourth-order valence-corrected chi connectivity index (χ4v) is 3.42. The molecule has 0 spiro atoms. The molecule has 0 bridgehead atoms. The largest absolute Gasteiger partial charge is 0.487 e. The molecule has 1 fully saturated rings. The van der Waals surface area contributed by atoms with Gasteiger partial charge in [-0.25, -0.2) is 0 Å². The first-order valence-corrected chi connectivity index (χ1v) is 8.04. The highest BCUT2D eigenvalue weighted by Crippen LogP contribution is 2.33. The van der Waals surface area contributed by atoms with Crippen molar-refractivity contribution >= 4 is 23.1 Å². The fourth-order valence-electron chi connectivity index (χ4n) is 2.38. The van der Waals surface area contributed by atoms with E-state index in [-0.39, 0.29) is 5.69 Å². The van der Waals surface area contributed by atoms with Gasteiger partial charge < -0.3 is 9.64 Å². The number of hydrogen-bond donors (Lipinski definition) is 0. The number of thioether (sulfide) groups is 1. The number of ether oxygens (including phenoxy) is 1. The molecule has 0 radical (unpaired) electrons. The average molecular weight is 296 g/mol. The SMILES string of the molecule is CCOc1cc(N2CCSCCC2C)ccc1[N+](=O)[O-]. The Bertz CT molecular complexity index is 481. The van der Waals surface area contributed by atoms with Gasteiger partial charge in [-0.2, -0.15) is 11.8 Å². The molecule has 6 heteroatoms. The summed E-state index contributed by atoms with van der Waals surface area (Å²) >= 11 is 1.96. The number of nitrogens with zero attached hydrogens (tertiary/aromatic N) is 2. The van der Waals surface area contributed by atoms with E-state index in [0.29, 0.717) is 18.4 Å². The predicted octanol–water partition coefficient (Wildman–Crippen LogP) is 3.33. The summed E-state index contributed by atoms with van der Waals surface area (Å²) in [7, 11) is 0. The lowest BCUT2D eigenvalue weighted by atomic mass is 10.1. The fraction of sp³-hybridized carbons (Fsp3) is 0.571. The van der Waals surface area contributed by atoms with Crippen molar-refractivity contribution in [2.24, 2.45) is 0 Å². The van der Waals surface area contributed by atoms with Crippen LogP contribution in [0.2, 0.25) is 0 Å². The molecule has 1 aromatic rings. The van der Waals surface area contributed by atoms with Gasteiger partial charge in [0.2, 0.25) is 0 Å². The summed E-state index contributed by atoms with van der Waals surface area (Å²) in [4.78, 5) is 12.9. The van der Waals surface area contributed by atoms with Crippen LogP contribution in [0.3, 0.4) is 0 Å². The Morgan fingerprint density at radius 3 is 3.00 bits per heavy atom. The van der Waals surface area contributed by atoms with Gasteiger partial charge in [-0.3, -0.25) is 10.1 Å². The average Bonchev–Trinajstić information content (AvgIpc) is 2.63. The molecule has 110 valence electrons. The maximum absolute atomic E-state index is 11.0. The third-order valence-corrected chi connectivity index (χ3v) is 4.46. The number of nitro groups is 1. The molecule has 1 unspecified atom stereocenters. The first-order chi connectivity index (χ1) is 9.63. The summed E-state index contributed by atoms with van der Waals surface area (Å²) in [5, 5.41) is 11.0. The molecule has 0 saturated carbocycles. The van der Waals surface area contributed by atoms with E-state index >= 15 is 0 Å². The third-order valence-electron chi connectivity index (χ3n) is 3.46. The van der Waals surface area contributed by atoms with E-state index in [4.69, 9.17) is 4.74 Å². The minimum absolute atomic E-state index is 0.0347. The Labute approximate surface area is 123 Å². The molecule has 1 atom stereocenters. The highest BCUT2D eigenvalue weighted by atomic mass is 32.2. The van der Waals surface area contributed by atoms with E-state index in [1.807, 2.05) is 24.8 Å². The molecule has 0 aromatic heterocycles. The summed E-state index contributed by atoms with van der Waals surface area (Å²) in [6, 6.07) is 5.62. The van der Waals surface area contributed by atoms with Gasteiger partial charge in [-0.05, 0) is 32.1 Å². The lowest BCUT2D eigenvalue weighted by Gasteiger charge is -2.29. The quantitative estimate of drug-likeness (QED) is 0.630. The Kier molecular flexibility index (Phi) is 5.11. The molecule has 1 aliphatic heterocycles. The van der Waals surface area contributed by atoms with Crippen molar-refractivity contribution in [3.05, 3.63) is 28.3 Å². The summed E-state index contributed by atoms with van der Waals surface area (Å²) in [6.45, 7) is 5.43. The van der Waals surface area contributed by atoms with E-state index in [9.17, 15) is 10.1 Å². The molecule has 1 saturated heterocycles. The zero-order valence-electron chi connectivity index (χ0n) is 11.9. The first kappa shape index (κ1) is 15.0. The van der Waals surface area contributed by atoms with Gasteiger partial charge in [0.25, 0.3) is 0 Å². The predicted molar refractivity (Wildman–Crippen MR) is 83.0 cm³/mol. The summed E-state index contributed by atoms with van der Waals surface area (Å²) in [6.07, 6.45) is 1.13. The standard InChI is InChI=1S/C14H20N2O3S/c1-3-19-14-10-12(4-5-13(14)16(17)18)15-7-9-20-8-6-11(15)2/h4-5,10-11H,3,6-9H2,1-2H3. The lowest BCUT2D eigenvalue weighted by molar-refractivity contribution is -0.385. The van der Waals surface area contributed by atoms with Crippen LogP contribution in [0.1, 0.15) is 20.3 Å². The molecule has 0 amide bonds. The van der Waals surface area contributed by atoms with Crippen molar-refractivity contribution in [3.8, 4) is 5.75 Å². The van der Waals surface area contributed by atoms with Crippen molar-refractivity contribution in [1.82, 2.24) is 0 Å². The normalized spacial score (nSPS) is 19.5. The van der Waals surface area contributed by atoms with Crippen molar-refractivity contribution in [2.75, 3.05) is 29.6 Å². The molecule has 1 heterocycles. The van der Waals surface area contributed by atoms with Crippen LogP contribution in [0.25, 0.3) is 0 Å². The zero-order chi connectivity index (χ0) is 14.5. The topological polar surface area (TPSA) is 55.6 Å². The van der Waals surface area contributed by atoms with Gasteiger partial charge in [0, 0.05) is 36.2 Å². The van der Waals surface area contributed by atoms with E-state index in [1.54, 1.807) is 12.1 Å². The van der Waals surface area contributed by atoms with Crippen molar-refractivity contribution in [1.29, 1.82) is 0 Å². The monoisotopic (exact) mass is 296 g/mol. The molecule has 5 nitrogen and oxygen atoms in total. The number of rotatable bonds is 4. The zero-order valence-corrected chi connectivity index (χ0v) is 12.7. The van der Waals surface area contributed by atoms with Gasteiger partial charge in [-0.15, -0.1) is 0 Å². The van der Waals surface area contributed by atoms with Crippen LogP contribution >= 0.6 is 11.8 Å². The molecule has 1 aliphatic rings. The maximum Gasteiger partial charge on any atom is 0.311 e. The minimum Gasteiger partial charge on any atom is -0.487 e. The van der Waals surface area contributed by atoms with E-state index < -0.39 is 4.92 Å². The second-order valence-corrected chi connectivity index (χ2v) is 6.01. The van der Waals surface area contributed by atoms with E-state index in [0.717, 1.165) is 24.4 Å². The van der Waals surface area contributed by atoms with Crippen molar-refractivity contribution in [2.45, 2.75) is 26.3 Å². The second-order valence-electron chi connectivity index (χ2n) is 4.79. The smallest absolute Gasteiger partial charge is 0.311 e. The third kappa shape index (κ3) is 3.36. The molecular weight excluding hydrogens is 276 g/mol. The van der Waals surface area contributed by atoms with Crippen molar-refractivity contribution in [3.63, 3.8) is 0 Å². The number of benzene rings is 1. The van der Waals surface area contributed by atoms with Gasteiger partial charge >= 0.3 is 5.69 Å². The van der Waals surface area contributed by atoms with Crippen LogP contribution < -0.4 is 9.64 Å². The van der Waals surface area contributed by atoms with E-state index in [2.05, 4.69) is 11.8 Å². The Morgan fingerprint density at radius 1 is 1.50 bits per heavy atom. The maximum atomic E-state index is 11.0. The highest BCUT2D eigenvalue weighted by molar-refractivity contribution is 7.99. The molecule has 1 aromatic carbocycles. The second kappa shape index (κ2) is 6.83. The van der Waals surface area contributed by atoms with Gasteiger partial charge in [0.15, 0.2) is 5.75 Å². The van der Waals surface area contributed by atoms with Crippen LogP contribution in [-0.2, 0) is 0 Å². The van der Waals surface area contributed by atoms with Crippen molar-refractivity contribution < 1.29 is 9.66 Å². The summed E-state index contributed by atoms with van der Waals surface area (Å²) in [5.74, 6) is 2.62. The number of hydrogen-bond acceptors (Lipinski definition) is 5. The van der Waals surface area contributed by atoms with Crippen LogP contribution in [-0.4, -0.2) is 35.6 Å². The minimum atomic E-state index is -0.392. The summed E-state index contributed by atoms with van der Waals surface area (Å²) in [5.41, 5.74) is 1.04. The van der Waals surface area contributed by atoms with Gasteiger partial charge in [0.1, 0.15) is 0 Å². The Hall–Kier alpha value is -1.43. The number of nitro benzene ring substituents is 1. The molecule has 20 heavy (non-hydrogen) atoms. The van der Waals surface area contributed by atoms with Gasteiger partial charge in [-0.1, -0.05) is 0 Å². The van der Waals surface area contributed by atoms with E-state index in [1.165, 1.54) is 5.75 Å². The molecule has 0 N–H and O–H groups in total. The van der Waals surface area contributed by atoms with Crippen LogP contribution in [0, 0.1) is 10.1 Å². The van der Waals surface area contributed by atoms with Crippen LogP contribution in [0.15, 0.2) is 18.2 Å². The molecule has 0 aliphatic carbocycles. The number of anilines is 1. The van der Waals surface area contributed by atoms with Crippen LogP contribution in [0.5, 0.6) is 5.75 Å². The Morgan fingerprint density at radius 2 is 2.30 bits per heavy atom. The molecular formula is C14H20N2O3S. The first-order valence-electron chi connectivity index (χ1n) is 6.89. The van der Waals surface area contributed by atoms with Gasteiger partial charge in [0.05, 0.1) is 11.5 Å². The van der Waals surface area contributed by atoms with Crippen LogP contribution in [0.4, 0.5) is 11.4 Å². The summed E-state index contributed by atoms with van der Waals surface area (Å²) < 4.78 is 5.42.